The lowest BCUT2D eigenvalue weighted by atomic mass is 10.1. The van der Waals surface area contributed by atoms with Gasteiger partial charge in [-0.05, 0) is 20.8 Å². The molecule has 0 fully saturated rings. The molecule has 0 spiro atoms. The number of nitrogens with zero attached hydrogens (tertiary/aromatic N) is 2. The Morgan fingerprint density at radius 2 is 2.22 bits per heavy atom. The molecule has 0 saturated heterocycles. The number of pyridine rings is 1. The number of aromatic nitrogens is 1. The number of nitro groups is 1. The SMILES string of the molecule is CCOC(C)(C)CNc1cc([N+](=O)[O-])cc(N)n1. The highest BCUT2D eigenvalue weighted by Gasteiger charge is 2.18. The molecule has 3 N–H and O–H groups in total. The predicted molar refractivity (Wildman–Crippen MR) is 69.5 cm³/mol. The van der Waals surface area contributed by atoms with Crippen molar-refractivity contribution in [3.63, 3.8) is 0 Å². The Hall–Kier alpha value is -1.89. The van der Waals surface area contributed by atoms with Crippen molar-refractivity contribution < 1.29 is 9.66 Å². The van der Waals surface area contributed by atoms with Gasteiger partial charge in [-0.3, -0.25) is 10.1 Å². The molecule has 7 nitrogen and oxygen atoms in total. The van der Waals surface area contributed by atoms with Crippen molar-refractivity contribution in [2.45, 2.75) is 26.4 Å². The van der Waals surface area contributed by atoms with E-state index < -0.39 is 4.92 Å². The fourth-order valence-electron chi connectivity index (χ4n) is 1.48. The summed E-state index contributed by atoms with van der Waals surface area (Å²) in [6, 6.07) is 2.57. The number of nitrogen functional groups attached to an aromatic ring is 1. The molecule has 0 atom stereocenters. The molecule has 0 bridgehead atoms. The molecule has 18 heavy (non-hydrogen) atoms. The first-order valence-electron chi connectivity index (χ1n) is 5.64. The van der Waals surface area contributed by atoms with Gasteiger partial charge in [-0.25, -0.2) is 4.98 Å². The largest absolute Gasteiger partial charge is 0.383 e. The molecule has 0 unspecified atom stereocenters. The lowest BCUT2D eigenvalue weighted by Crippen LogP contribution is -2.33. The lowest BCUT2D eigenvalue weighted by molar-refractivity contribution is -0.384. The van der Waals surface area contributed by atoms with Gasteiger partial charge < -0.3 is 15.8 Å². The van der Waals surface area contributed by atoms with E-state index >= 15 is 0 Å². The van der Waals surface area contributed by atoms with Crippen LogP contribution in [-0.2, 0) is 4.74 Å². The van der Waals surface area contributed by atoms with Crippen LogP contribution in [0.5, 0.6) is 0 Å². The van der Waals surface area contributed by atoms with Gasteiger partial charge in [0, 0.05) is 13.2 Å². The second-order valence-electron chi connectivity index (χ2n) is 4.44. The minimum absolute atomic E-state index is 0.0841. The van der Waals surface area contributed by atoms with Crippen LogP contribution in [-0.4, -0.2) is 28.7 Å². The smallest absolute Gasteiger partial charge is 0.276 e. The van der Waals surface area contributed by atoms with E-state index in [4.69, 9.17) is 10.5 Å². The summed E-state index contributed by atoms with van der Waals surface area (Å²) in [6.45, 7) is 6.83. The average Bonchev–Trinajstić information content (AvgIpc) is 2.26. The Morgan fingerprint density at radius 1 is 1.56 bits per heavy atom. The van der Waals surface area contributed by atoms with Gasteiger partial charge in [-0.1, -0.05) is 0 Å². The molecule has 1 aromatic heterocycles. The maximum atomic E-state index is 10.7. The third kappa shape index (κ3) is 4.17. The van der Waals surface area contributed by atoms with Crippen LogP contribution >= 0.6 is 0 Å². The van der Waals surface area contributed by atoms with E-state index in [0.717, 1.165) is 0 Å². The van der Waals surface area contributed by atoms with E-state index in [9.17, 15) is 10.1 Å². The van der Waals surface area contributed by atoms with Crippen LogP contribution in [0.25, 0.3) is 0 Å². The standard InChI is InChI=1S/C11H18N4O3/c1-4-18-11(2,3)7-13-10-6-8(15(16)17)5-9(12)14-10/h5-6H,4,7H2,1-3H3,(H3,12,13,14). The lowest BCUT2D eigenvalue weighted by Gasteiger charge is -2.25. The van der Waals surface area contributed by atoms with Gasteiger partial charge in [0.05, 0.1) is 22.7 Å². The predicted octanol–water partition coefficient (Wildman–Crippen LogP) is 1.80. The maximum Gasteiger partial charge on any atom is 0.276 e. The zero-order chi connectivity index (χ0) is 13.8. The van der Waals surface area contributed by atoms with E-state index in [1.165, 1.54) is 12.1 Å². The van der Waals surface area contributed by atoms with Crippen LogP contribution in [0.1, 0.15) is 20.8 Å². The minimum Gasteiger partial charge on any atom is -0.383 e. The Balaban J connectivity index is 2.76. The molecule has 0 aliphatic rings. The summed E-state index contributed by atoms with van der Waals surface area (Å²) in [4.78, 5) is 14.2. The minimum atomic E-state index is -0.503. The Kier molecular flexibility index (Phi) is 4.43. The molecule has 0 radical (unpaired) electrons. The van der Waals surface area contributed by atoms with Crippen molar-refractivity contribution in [1.82, 2.24) is 4.98 Å². The summed E-state index contributed by atoms with van der Waals surface area (Å²) >= 11 is 0. The fraction of sp³-hybridized carbons (Fsp3) is 0.545. The van der Waals surface area contributed by atoms with Gasteiger partial charge in [-0.2, -0.15) is 0 Å². The second kappa shape index (κ2) is 5.63. The Morgan fingerprint density at radius 3 is 2.78 bits per heavy atom. The molecule has 1 rings (SSSR count). The summed E-state index contributed by atoms with van der Waals surface area (Å²) in [5.41, 5.74) is 5.05. The van der Waals surface area contributed by atoms with E-state index in [1.54, 1.807) is 0 Å². The molecule has 0 saturated carbocycles. The maximum absolute atomic E-state index is 10.7. The van der Waals surface area contributed by atoms with Gasteiger partial charge in [-0.15, -0.1) is 0 Å². The van der Waals surface area contributed by atoms with Crippen molar-refractivity contribution in [1.29, 1.82) is 0 Å². The van der Waals surface area contributed by atoms with Crippen molar-refractivity contribution in [3.8, 4) is 0 Å². The first-order chi connectivity index (χ1) is 8.34. The highest BCUT2D eigenvalue weighted by Crippen LogP contribution is 2.19. The highest BCUT2D eigenvalue weighted by molar-refractivity contribution is 5.52. The van der Waals surface area contributed by atoms with E-state index in [1.807, 2.05) is 20.8 Å². The summed E-state index contributed by atoms with van der Waals surface area (Å²) in [5, 5.41) is 13.7. The molecular weight excluding hydrogens is 236 g/mol. The third-order valence-electron chi connectivity index (χ3n) is 2.27. The monoisotopic (exact) mass is 254 g/mol. The number of ether oxygens (including phenoxy) is 1. The van der Waals surface area contributed by atoms with Crippen LogP contribution in [0.2, 0.25) is 0 Å². The molecule has 0 aliphatic heterocycles. The average molecular weight is 254 g/mol. The van der Waals surface area contributed by atoms with Crippen LogP contribution in [0.3, 0.4) is 0 Å². The number of hydrogen-bond donors (Lipinski definition) is 2. The molecular formula is C11H18N4O3. The number of hydrogen-bond acceptors (Lipinski definition) is 6. The van der Waals surface area contributed by atoms with Gasteiger partial charge >= 0.3 is 0 Å². The van der Waals surface area contributed by atoms with Gasteiger partial charge in [0.2, 0.25) is 0 Å². The first-order valence-corrected chi connectivity index (χ1v) is 5.64. The molecule has 1 heterocycles. The molecule has 0 aromatic carbocycles. The molecule has 0 aliphatic carbocycles. The van der Waals surface area contributed by atoms with Gasteiger partial charge in [0.1, 0.15) is 11.6 Å². The normalized spacial score (nSPS) is 11.3. The number of nitrogens with one attached hydrogen (secondary N) is 1. The second-order valence-corrected chi connectivity index (χ2v) is 4.44. The van der Waals surface area contributed by atoms with Gasteiger partial charge in [0.25, 0.3) is 5.69 Å². The van der Waals surface area contributed by atoms with Crippen LogP contribution < -0.4 is 11.1 Å². The summed E-state index contributed by atoms with van der Waals surface area (Å²) in [7, 11) is 0. The van der Waals surface area contributed by atoms with Crippen molar-refractivity contribution >= 4 is 17.3 Å². The number of anilines is 2. The summed E-state index contributed by atoms with van der Waals surface area (Å²) in [5.74, 6) is 0.482. The van der Waals surface area contributed by atoms with E-state index in [-0.39, 0.29) is 17.1 Å². The molecule has 7 heteroatoms. The van der Waals surface area contributed by atoms with Crippen LogP contribution in [0, 0.1) is 10.1 Å². The number of rotatable bonds is 6. The summed E-state index contributed by atoms with van der Waals surface area (Å²) < 4.78 is 5.50. The third-order valence-corrected chi connectivity index (χ3v) is 2.27. The van der Waals surface area contributed by atoms with E-state index in [0.29, 0.717) is 19.0 Å². The molecule has 100 valence electrons. The van der Waals surface area contributed by atoms with E-state index in [2.05, 4.69) is 10.3 Å². The molecule has 0 amide bonds. The zero-order valence-electron chi connectivity index (χ0n) is 10.8. The van der Waals surface area contributed by atoms with Crippen LogP contribution in [0.4, 0.5) is 17.3 Å². The first kappa shape index (κ1) is 14.2. The fourth-order valence-corrected chi connectivity index (χ4v) is 1.48. The quantitative estimate of drug-likeness (QED) is 0.592. The summed E-state index contributed by atoms with van der Waals surface area (Å²) in [6.07, 6.45) is 0. The van der Waals surface area contributed by atoms with Crippen molar-refractivity contribution in [2.75, 3.05) is 24.2 Å². The van der Waals surface area contributed by atoms with Crippen LogP contribution in [0.15, 0.2) is 12.1 Å². The Bertz CT molecular complexity index is 434. The zero-order valence-corrected chi connectivity index (χ0v) is 10.8. The number of nitrogens with two attached hydrogens (primary N) is 1. The highest BCUT2D eigenvalue weighted by atomic mass is 16.6. The van der Waals surface area contributed by atoms with Gasteiger partial charge in [0.15, 0.2) is 0 Å². The van der Waals surface area contributed by atoms with Crippen molar-refractivity contribution in [3.05, 3.63) is 22.2 Å². The molecule has 1 aromatic rings. The van der Waals surface area contributed by atoms with Crippen molar-refractivity contribution in [2.24, 2.45) is 0 Å². The Labute approximate surface area is 105 Å². The topological polar surface area (TPSA) is 103 Å².